The molecule has 0 radical (unpaired) electrons. The topological polar surface area (TPSA) is 32.3 Å². The van der Waals surface area contributed by atoms with Gasteiger partial charge in [0.2, 0.25) is 5.91 Å². The van der Waals surface area contributed by atoms with E-state index in [0.717, 1.165) is 62.6 Å². The molecule has 7 heteroatoms. The Kier molecular flexibility index (Phi) is 6.34. The monoisotopic (exact) mass is 456 g/mol. The van der Waals surface area contributed by atoms with Gasteiger partial charge in [-0.05, 0) is 80.8 Å². The molecule has 31 heavy (non-hydrogen) atoms. The zero-order valence-electron chi connectivity index (χ0n) is 17.8. The van der Waals surface area contributed by atoms with Crippen LogP contribution in [0.5, 0.6) is 0 Å². The second kappa shape index (κ2) is 8.58. The minimum atomic E-state index is -4.31. The molecule has 6 rings (SSSR count). The van der Waals surface area contributed by atoms with Crippen molar-refractivity contribution in [1.29, 1.82) is 0 Å². The molecule has 0 aromatic heterocycles. The van der Waals surface area contributed by atoms with Crippen molar-refractivity contribution >= 4 is 18.3 Å². The Morgan fingerprint density at radius 3 is 2.29 bits per heavy atom. The van der Waals surface area contributed by atoms with Gasteiger partial charge >= 0.3 is 6.18 Å². The average Bonchev–Trinajstić information content (AvgIpc) is 3.12. The minimum absolute atomic E-state index is 0. The molecular formula is C24H32ClF3N2O. The number of halogens is 4. The number of rotatable bonds is 5. The van der Waals surface area contributed by atoms with Crippen LogP contribution < -0.4 is 5.32 Å². The van der Waals surface area contributed by atoms with Crippen LogP contribution in [0.2, 0.25) is 0 Å². The fraction of sp³-hybridized carbons (Fsp3) is 0.708. The Hall–Kier alpha value is -1.27. The molecule has 1 aromatic carbocycles. The third-order valence-corrected chi connectivity index (χ3v) is 8.15. The smallest absolute Gasteiger partial charge is 0.352 e. The van der Waals surface area contributed by atoms with Gasteiger partial charge in [-0.3, -0.25) is 4.79 Å². The number of carbonyl (C=O) groups is 1. The minimum Gasteiger partial charge on any atom is -0.352 e. The van der Waals surface area contributed by atoms with Crippen molar-refractivity contribution in [3.63, 3.8) is 0 Å². The van der Waals surface area contributed by atoms with Crippen LogP contribution in [0, 0.1) is 23.2 Å². The molecule has 3 nitrogen and oxygen atoms in total. The lowest BCUT2D eigenvalue weighted by molar-refractivity contribution is -0.147. The molecule has 1 N–H and O–H groups in total. The molecule has 4 bridgehead atoms. The number of benzene rings is 1. The highest BCUT2D eigenvalue weighted by atomic mass is 35.5. The third-order valence-electron chi connectivity index (χ3n) is 8.15. The Morgan fingerprint density at radius 1 is 1.06 bits per heavy atom. The van der Waals surface area contributed by atoms with Crippen molar-refractivity contribution in [3.8, 4) is 0 Å². The molecule has 0 unspecified atom stereocenters. The second-order valence-corrected chi connectivity index (χ2v) is 10.4. The molecule has 1 heterocycles. The first kappa shape index (κ1) is 22.9. The van der Waals surface area contributed by atoms with Gasteiger partial charge in [-0.1, -0.05) is 18.2 Å². The van der Waals surface area contributed by atoms with Crippen LogP contribution in [0.4, 0.5) is 13.2 Å². The second-order valence-electron chi connectivity index (χ2n) is 10.4. The van der Waals surface area contributed by atoms with Gasteiger partial charge in [0.05, 0.1) is 5.56 Å². The summed E-state index contributed by atoms with van der Waals surface area (Å²) in [5.41, 5.74) is -0.310. The summed E-state index contributed by atoms with van der Waals surface area (Å²) in [5.74, 6) is 2.50. The zero-order chi connectivity index (χ0) is 20.9. The lowest BCUT2D eigenvalue weighted by atomic mass is 9.49. The molecule has 0 spiro atoms. The van der Waals surface area contributed by atoms with Crippen molar-refractivity contribution in [3.05, 3.63) is 35.4 Å². The first-order chi connectivity index (χ1) is 14.3. The van der Waals surface area contributed by atoms with E-state index in [2.05, 4.69) is 10.2 Å². The summed E-state index contributed by atoms with van der Waals surface area (Å²) < 4.78 is 39.6. The Morgan fingerprint density at radius 2 is 1.68 bits per heavy atom. The number of likely N-dealkylation sites (tertiary alicyclic amines) is 1. The molecule has 172 valence electrons. The molecule has 1 saturated heterocycles. The number of hydrogen-bond donors (Lipinski definition) is 1. The Bertz CT molecular complexity index is 777. The molecule has 1 aromatic rings. The Balaban J connectivity index is 0.00000231. The van der Waals surface area contributed by atoms with Crippen LogP contribution in [-0.4, -0.2) is 36.5 Å². The maximum Gasteiger partial charge on any atom is 0.416 e. The van der Waals surface area contributed by atoms with Crippen molar-refractivity contribution in [2.45, 2.75) is 63.6 Å². The summed E-state index contributed by atoms with van der Waals surface area (Å²) in [6, 6.07) is 5.98. The summed E-state index contributed by atoms with van der Waals surface area (Å²) in [5, 5.41) is 3.34. The maximum atomic E-state index is 13.2. The predicted molar refractivity (Wildman–Crippen MR) is 116 cm³/mol. The Labute approximate surface area is 188 Å². The summed E-state index contributed by atoms with van der Waals surface area (Å²) in [4.78, 5) is 15.4. The summed E-state index contributed by atoms with van der Waals surface area (Å²) in [6.07, 6.45) is 4.12. The van der Waals surface area contributed by atoms with Crippen LogP contribution in [0.3, 0.4) is 0 Å². The lowest BCUT2D eigenvalue weighted by Gasteiger charge is -2.55. The standard InChI is InChI=1S/C24H31F3N2O.ClH/c25-24(26,27)21-4-2-1-3-19(21)5-7-29-8-6-20(15-29)28-22(30)23-12-16-9-17(13-23)11-18(10-16)14-23;/h1-4,16-18,20H,5-15H2,(H,28,30);1H/t16?,17?,18?,20-,23?;/m0./s1. The highest BCUT2D eigenvalue weighted by molar-refractivity contribution is 5.85. The van der Waals surface area contributed by atoms with Gasteiger partial charge in [0.1, 0.15) is 0 Å². The van der Waals surface area contributed by atoms with Crippen molar-refractivity contribution < 1.29 is 18.0 Å². The van der Waals surface area contributed by atoms with Gasteiger partial charge in [-0.25, -0.2) is 0 Å². The van der Waals surface area contributed by atoms with Crippen LogP contribution in [0.15, 0.2) is 24.3 Å². The molecular weight excluding hydrogens is 425 g/mol. The quantitative estimate of drug-likeness (QED) is 0.670. The average molecular weight is 457 g/mol. The molecule has 5 fully saturated rings. The lowest BCUT2D eigenvalue weighted by Crippen LogP contribution is -2.55. The summed E-state index contributed by atoms with van der Waals surface area (Å²) >= 11 is 0. The van der Waals surface area contributed by atoms with E-state index in [4.69, 9.17) is 0 Å². The van der Waals surface area contributed by atoms with Gasteiger partial charge in [0.15, 0.2) is 0 Å². The molecule has 1 aliphatic heterocycles. The van der Waals surface area contributed by atoms with E-state index in [1.165, 1.54) is 25.3 Å². The fourth-order valence-electron chi connectivity index (χ4n) is 7.17. The van der Waals surface area contributed by atoms with Gasteiger partial charge in [0.25, 0.3) is 0 Å². The van der Waals surface area contributed by atoms with Crippen molar-refractivity contribution in [1.82, 2.24) is 10.2 Å². The van der Waals surface area contributed by atoms with Crippen LogP contribution in [0.25, 0.3) is 0 Å². The molecule has 4 aliphatic carbocycles. The molecule has 4 saturated carbocycles. The van der Waals surface area contributed by atoms with Gasteiger partial charge in [-0.15, -0.1) is 12.4 Å². The highest BCUT2D eigenvalue weighted by Crippen LogP contribution is 2.60. The molecule has 5 aliphatic rings. The van der Waals surface area contributed by atoms with E-state index >= 15 is 0 Å². The van der Waals surface area contributed by atoms with Gasteiger partial charge < -0.3 is 10.2 Å². The fourth-order valence-corrected chi connectivity index (χ4v) is 7.17. The first-order valence-electron chi connectivity index (χ1n) is 11.5. The largest absolute Gasteiger partial charge is 0.416 e. The number of hydrogen-bond acceptors (Lipinski definition) is 2. The molecule has 1 atom stereocenters. The van der Waals surface area contributed by atoms with E-state index in [1.54, 1.807) is 12.1 Å². The van der Waals surface area contributed by atoms with Crippen molar-refractivity contribution in [2.75, 3.05) is 19.6 Å². The van der Waals surface area contributed by atoms with Crippen LogP contribution in [0.1, 0.15) is 56.1 Å². The zero-order valence-corrected chi connectivity index (χ0v) is 18.6. The molecule has 1 amide bonds. The number of nitrogens with zero attached hydrogens (tertiary/aromatic N) is 1. The van der Waals surface area contributed by atoms with Crippen LogP contribution >= 0.6 is 12.4 Å². The SMILES string of the molecule is Cl.O=C(N[C@H]1CCN(CCc2ccccc2C(F)(F)F)C1)C12CC3CC(CC(C3)C1)C2. The highest BCUT2D eigenvalue weighted by Gasteiger charge is 2.54. The third kappa shape index (κ3) is 4.61. The van der Waals surface area contributed by atoms with Gasteiger partial charge in [0, 0.05) is 31.1 Å². The predicted octanol–water partition coefficient (Wildman–Crippen LogP) is 5.08. The van der Waals surface area contributed by atoms with Crippen molar-refractivity contribution in [2.24, 2.45) is 23.2 Å². The van der Waals surface area contributed by atoms with E-state index in [0.29, 0.717) is 18.5 Å². The number of amides is 1. The number of carbonyl (C=O) groups excluding carboxylic acids is 1. The maximum absolute atomic E-state index is 13.2. The summed E-state index contributed by atoms with van der Waals surface area (Å²) in [7, 11) is 0. The summed E-state index contributed by atoms with van der Waals surface area (Å²) in [6.45, 7) is 2.17. The normalized spacial score (nSPS) is 34.5. The van der Waals surface area contributed by atoms with E-state index in [9.17, 15) is 18.0 Å². The number of nitrogens with one attached hydrogen (secondary N) is 1. The van der Waals surface area contributed by atoms with E-state index < -0.39 is 11.7 Å². The van der Waals surface area contributed by atoms with E-state index in [1.807, 2.05) is 0 Å². The number of alkyl halides is 3. The van der Waals surface area contributed by atoms with Crippen LogP contribution in [-0.2, 0) is 17.4 Å². The van der Waals surface area contributed by atoms with Gasteiger partial charge in [-0.2, -0.15) is 13.2 Å². The van der Waals surface area contributed by atoms with E-state index in [-0.39, 0.29) is 29.8 Å². The first-order valence-corrected chi connectivity index (χ1v) is 11.5.